The Hall–Kier alpha value is -3.65. The van der Waals surface area contributed by atoms with E-state index in [0.29, 0.717) is 12.2 Å². The molecule has 208 valence electrons. The van der Waals surface area contributed by atoms with Crippen LogP contribution in [-0.2, 0) is 26.2 Å². The van der Waals surface area contributed by atoms with Gasteiger partial charge in [-0.2, -0.15) is 0 Å². The molecule has 0 saturated carbocycles. The highest BCUT2D eigenvalue weighted by Gasteiger charge is 2.32. The van der Waals surface area contributed by atoms with Crippen molar-refractivity contribution < 1.29 is 18.0 Å². The Kier molecular flexibility index (Phi) is 10.3. The molecule has 0 bridgehead atoms. The van der Waals surface area contributed by atoms with Gasteiger partial charge in [0, 0.05) is 13.1 Å². The molecule has 8 heteroatoms. The van der Waals surface area contributed by atoms with Gasteiger partial charge in [-0.3, -0.25) is 13.9 Å². The molecule has 3 aromatic carbocycles. The molecular weight excluding hydrogens is 510 g/mol. The Morgan fingerprint density at radius 3 is 2.08 bits per heavy atom. The van der Waals surface area contributed by atoms with Crippen LogP contribution in [0.3, 0.4) is 0 Å². The molecule has 39 heavy (non-hydrogen) atoms. The summed E-state index contributed by atoms with van der Waals surface area (Å²) >= 11 is 0. The summed E-state index contributed by atoms with van der Waals surface area (Å²) in [5.74, 6) is -0.477. The molecule has 3 rings (SSSR count). The van der Waals surface area contributed by atoms with Gasteiger partial charge in [-0.25, -0.2) is 8.42 Å². The highest BCUT2D eigenvalue weighted by molar-refractivity contribution is 7.92. The molecule has 7 nitrogen and oxygen atoms in total. The second-order valence-electron chi connectivity index (χ2n) is 9.99. The Morgan fingerprint density at radius 2 is 1.49 bits per heavy atom. The summed E-state index contributed by atoms with van der Waals surface area (Å²) in [6, 6.07) is 22.2. The number of carbonyl (C=O) groups is 2. The van der Waals surface area contributed by atoms with Crippen LogP contribution in [0.25, 0.3) is 0 Å². The standard InChI is InChI=1S/C31H39N3O4S/c1-6-20-32-31(36)25(5)33(21-27-13-11-10-12-24(27)4)30(35)22-34(28-18-16-26(17-19-28)23(2)3)39(37,38)29-14-8-7-9-15-29/h7-19,23,25H,6,20-22H2,1-5H3,(H,32,36). The first-order valence-electron chi connectivity index (χ1n) is 13.4. The number of nitrogens with one attached hydrogen (secondary N) is 1. The molecule has 1 unspecified atom stereocenters. The van der Waals surface area contributed by atoms with Crippen LogP contribution in [-0.4, -0.2) is 44.3 Å². The van der Waals surface area contributed by atoms with Crippen molar-refractivity contribution in [1.29, 1.82) is 0 Å². The van der Waals surface area contributed by atoms with Gasteiger partial charge in [0.2, 0.25) is 11.8 Å². The lowest BCUT2D eigenvalue weighted by molar-refractivity contribution is -0.139. The lowest BCUT2D eigenvalue weighted by Gasteiger charge is -2.32. The molecule has 2 amide bonds. The number of benzene rings is 3. The number of nitrogens with zero attached hydrogens (tertiary/aromatic N) is 2. The third-order valence-electron chi connectivity index (χ3n) is 6.78. The minimum absolute atomic E-state index is 0.0879. The fourth-order valence-electron chi connectivity index (χ4n) is 4.22. The van der Waals surface area contributed by atoms with E-state index in [9.17, 15) is 18.0 Å². The quantitative estimate of drug-likeness (QED) is 0.334. The lowest BCUT2D eigenvalue weighted by atomic mass is 10.0. The van der Waals surface area contributed by atoms with Crippen LogP contribution < -0.4 is 9.62 Å². The van der Waals surface area contributed by atoms with E-state index in [1.54, 1.807) is 37.3 Å². The Balaban J connectivity index is 2.03. The largest absolute Gasteiger partial charge is 0.354 e. The molecule has 0 aliphatic heterocycles. The van der Waals surface area contributed by atoms with E-state index in [2.05, 4.69) is 19.2 Å². The summed E-state index contributed by atoms with van der Waals surface area (Å²) in [6.07, 6.45) is 0.764. The molecule has 1 N–H and O–H groups in total. The fraction of sp³-hybridized carbons (Fsp3) is 0.355. The van der Waals surface area contributed by atoms with Crippen molar-refractivity contribution in [3.8, 4) is 0 Å². The SMILES string of the molecule is CCCNC(=O)C(C)N(Cc1ccccc1C)C(=O)CN(c1ccc(C(C)C)cc1)S(=O)(=O)c1ccccc1. The number of hydrogen-bond donors (Lipinski definition) is 1. The molecule has 3 aromatic rings. The van der Waals surface area contributed by atoms with Gasteiger partial charge < -0.3 is 10.2 Å². The van der Waals surface area contributed by atoms with Crippen molar-refractivity contribution in [3.05, 3.63) is 95.6 Å². The average Bonchev–Trinajstić information content (AvgIpc) is 2.94. The van der Waals surface area contributed by atoms with Crippen LogP contribution in [0.5, 0.6) is 0 Å². The molecule has 0 saturated heterocycles. The second kappa shape index (κ2) is 13.4. The number of sulfonamides is 1. The molecule has 0 aliphatic carbocycles. The third kappa shape index (κ3) is 7.47. The topological polar surface area (TPSA) is 86.8 Å². The van der Waals surface area contributed by atoms with E-state index >= 15 is 0 Å². The van der Waals surface area contributed by atoms with E-state index in [4.69, 9.17) is 0 Å². The van der Waals surface area contributed by atoms with E-state index < -0.39 is 28.5 Å². The average molecular weight is 550 g/mol. The van der Waals surface area contributed by atoms with E-state index in [-0.39, 0.29) is 23.3 Å². The minimum Gasteiger partial charge on any atom is -0.354 e. The van der Waals surface area contributed by atoms with Gasteiger partial charge in [0.1, 0.15) is 12.6 Å². The smallest absolute Gasteiger partial charge is 0.264 e. The summed E-state index contributed by atoms with van der Waals surface area (Å²) in [6.45, 7) is 9.92. The summed E-state index contributed by atoms with van der Waals surface area (Å²) in [7, 11) is -4.07. The molecule has 0 spiro atoms. The van der Waals surface area contributed by atoms with Crippen molar-refractivity contribution in [3.63, 3.8) is 0 Å². The summed E-state index contributed by atoms with van der Waals surface area (Å²) in [5.41, 5.74) is 3.31. The molecule has 0 aliphatic rings. The number of hydrogen-bond acceptors (Lipinski definition) is 4. The number of amides is 2. The van der Waals surface area contributed by atoms with Gasteiger partial charge in [0.25, 0.3) is 10.0 Å². The molecular formula is C31H39N3O4S. The van der Waals surface area contributed by atoms with Gasteiger partial charge in [0.05, 0.1) is 10.6 Å². The minimum atomic E-state index is -4.07. The maximum absolute atomic E-state index is 14.0. The number of aryl methyl sites for hydroxylation is 1. The van der Waals surface area contributed by atoms with Gasteiger partial charge in [0.15, 0.2) is 0 Å². The summed E-state index contributed by atoms with van der Waals surface area (Å²) < 4.78 is 28.8. The van der Waals surface area contributed by atoms with E-state index in [1.807, 2.05) is 50.2 Å². The third-order valence-corrected chi connectivity index (χ3v) is 8.56. The summed E-state index contributed by atoms with van der Waals surface area (Å²) in [4.78, 5) is 28.5. The van der Waals surface area contributed by atoms with Crippen LogP contribution in [0.4, 0.5) is 5.69 Å². The van der Waals surface area contributed by atoms with E-state index in [1.165, 1.54) is 17.0 Å². The molecule has 1 atom stereocenters. The molecule has 0 heterocycles. The van der Waals surface area contributed by atoms with Crippen LogP contribution in [0.15, 0.2) is 83.8 Å². The zero-order valence-electron chi connectivity index (χ0n) is 23.4. The van der Waals surface area contributed by atoms with Crippen LogP contribution in [0.1, 0.15) is 56.7 Å². The van der Waals surface area contributed by atoms with Crippen molar-refractivity contribution in [2.75, 3.05) is 17.4 Å². The van der Waals surface area contributed by atoms with Crippen molar-refractivity contribution >= 4 is 27.5 Å². The van der Waals surface area contributed by atoms with Gasteiger partial charge in [-0.15, -0.1) is 0 Å². The second-order valence-corrected chi connectivity index (χ2v) is 11.8. The number of rotatable bonds is 12. The first-order valence-corrected chi connectivity index (χ1v) is 14.8. The van der Waals surface area contributed by atoms with Crippen molar-refractivity contribution in [1.82, 2.24) is 10.2 Å². The Morgan fingerprint density at radius 1 is 0.872 bits per heavy atom. The highest BCUT2D eigenvalue weighted by Crippen LogP contribution is 2.26. The maximum atomic E-state index is 14.0. The van der Waals surface area contributed by atoms with Crippen molar-refractivity contribution in [2.45, 2.75) is 64.4 Å². The maximum Gasteiger partial charge on any atom is 0.264 e. The van der Waals surface area contributed by atoms with E-state index in [0.717, 1.165) is 27.4 Å². The lowest BCUT2D eigenvalue weighted by Crippen LogP contribution is -2.51. The summed E-state index contributed by atoms with van der Waals surface area (Å²) in [5, 5.41) is 2.86. The highest BCUT2D eigenvalue weighted by atomic mass is 32.2. The van der Waals surface area contributed by atoms with Crippen LogP contribution >= 0.6 is 0 Å². The van der Waals surface area contributed by atoms with Gasteiger partial charge >= 0.3 is 0 Å². The molecule has 0 aromatic heterocycles. The van der Waals surface area contributed by atoms with Crippen LogP contribution in [0, 0.1) is 6.92 Å². The monoisotopic (exact) mass is 549 g/mol. The fourth-order valence-corrected chi connectivity index (χ4v) is 5.66. The molecule has 0 radical (unpaired) electrons. The normalized spacial score (nSPS) is 12.2. The first kappa shape index (κ1) is 29.9. The van der Waals surface area contributed by atoms with Gasteiger partial charge in [-0.05, 0) is 67.1 Å². The molecule has 0 fully saturated rings. The zero-order chi connectivity index (χ0) is 28.6. The predicted molar refractivity (Wildman–Crippen MR) is 156 cm³/mol. The Labute approximate surface area is 232 Å². The van der Waals surface area contributed by atoms with Gasteiger partial charge in [-0.1, -0.05) is 75.4 Å². The Bertz CT molecular complexity index is 1360. The zero-order valence-corrected chi connectivity index (χ0v) is 24.2. The number of carbonyl (C=O) groups excluding carboxylic acids is 2. The predicted octanol–water partition coefficient (Wildman–Crippen LogP) is 5.26. The number of anilines is 1. The van der Waals surface area contributed by atoms with Crippen molar-refractivity contribution in [2.24, 2.45) is 0 Å². The van der Waals surface area contributed by atoms with Crippen LogP contribution in [0.2, 0.25) is 0 Å². The first-order chi connectivity index (χ1) is 18.6.